The van der Waals surface area contributed by atoms with Gasteiger partial charge < -0.3 is 5.11 Å². The molecule has 0 fully saturated rings. The van der Waals surface area contributed by atoms with Gasteiger partial charge in [0.2, 0.25) is 5.88 Å². The zero-order chi connectivity index (χ0) is 20.4. The molecule has 0 atom stereocenters. The zero-order valence-electron chi connectivity index (χ0n) is 16.6. The van der Waals surface area contributed by atoms with Crippen LogP contribution in [0.2, 0.25) is 0 Å². The molecule has 142 valence electrons. The Hall–Kier alpha value is -2.87. The van der Waals surface area contributed by atoms with Crippen molar-refractivity contribution in [3.05, 3.63) is 62.4 Å². The molecule has 0 saturated carbocycles. The number of aromatic nitrogens is 1. The van der Waals surface area contributed by atoms with Crippen molar-refractivity contribution in [1.82, 2.24) is 4.57 Å². The van der Waals surface area contributed by atoms with Crippen LogP contribution in [0.3, 0.4) is 0 Å². The maximum atomic E-state index is 13.1. The summed E-state index contributed by atoms with van der Waals surface area (Å²) in [6.07, 6.45) is 1.48. The second-order valence-corrected chi connectivity index (χ2v) is 7.78. The van der Waals surface area contributed by atoms with E-state index in [0.717, 1.165) is 16.6 Å². The second-order valence-electron chi connectivity index (χ2n) is 7.78. The maximum Gasteiger partial charge on any atom is 0.271 e. The number of nitriles is 1. The fourth-order valence-electron chi connectivity index (χ4n) is 3.01. The molecule has 0 amide bonds. The van der Waals surface area contributed by atoms with Crippen LogP contribution >= 0.6 is 0 Å². The van der Waals surface area contributed by atoms with E-state index in [1.807, 2.05) is 25.1 Å². The number of pyridine rings is 1. The number of aromatic hydroxyl groups is 1. The number of ketones is 1. The molecular weight excluding hydrogens is 340 g/mol. The molecule has 5 heteroatoms. The molecule has 1 aromatic heterocycles. The van der Waals surface area contributed by atoms with Gasteiger partial charge in [-0.25, -0.2) is 0 Å². The van der Waals surface area contributed by atoms with Gasteiger partial charge in [-0.2, -0.15) is 5.26 Å². The van der Waals surface area contributed by atoms with Crippen molar-refractivity contribution in [2.75, 3.05) is 0 Å². The Kier molecular flexibility index (Phi) is 5.90. The van der Waals surface area contributed by atoms with Crippen LogP contribution < -0.4 is 5.56 Å². The minimum atomic E-state index is -0.555. The third-order valence-corrected chi connectivity index (χ3v) is 4.78. The predicted molar refractivity (Wildman–Crippen MR) is 105 cm³/mol. The van der Waals surface area contributed by atoms with E-state index >= 15 is 0 Å². The van der Waals surface area contributed by atoms with Crippen LogP contribution in [0, 0.1) is 18.3 Å². The summed E-state index contributed by atoms with van der Waals surface area (Å²) in [6, 6.07) is 9.10. The largest absolute Gasteiger partial charge is 0.494 e. The average Bonchev–Trinajstić information content (AvgIpc) is 2.61. The molecule has 0 saturated heterocycles. The molecule has 0 aliphatic heterocycles. The quantitative estimate of drug-likeness (QED) is 0.809. The van der Waals surface area contributed by atoms with Gasteiger partial charge in [0.05, 0.1) is 5.56 Å². The summed E-state index contributed by atoms with van der Waals surface area (Å²) in [5.74, 6) is -0.762. The van der Waals surface area contributed by atoms with Crippen molar-refractivity contribution < 1.29 is 9.90 Å². The van der Waals surface area contributed by atoms with Gasteiger partial charge in [0.1, 0.15) is 11.6 Å². The molecule has 0 spiro atoms. The average molecular weight is 366 g/mol. The summed E-state index contributed by atoms with van der Waals surface area (Å²) in [5, 5.41) is 20.0. The summed E-state index contributed by atoms with van der Waals surface area (Å²) in [6.45, 7) is 10.0. The highest BCUT2D eigenvalue weighted by molar-refractivity contribution is 6.11. The van der Waals surface area contributed by atoms with Crippen LogP contribution in [0.25, 0.3) is 0 Å². The normalized spacial score (nSPS) is 11.3. The van der Waals surface area contributed by atoms with Crippen molar-refractivity contribution in [2.24, 2.45) is 0 Å². The summed E-state index contributed by atoms with van der Waals surface area (Å²) in [7, 11) is 0. The lowest BCUT2D eigenvalue weighted by Crippen LogP contribution is -2.27. The van der Waals surface area contributed by atoms with Gasteiger partial charge >= 0.3 is 0 Å². The van der Waals surface area contributed by atoms with E-state index in [-0.39, 0.29) is 34.5 Å². The predicted octanol–water partition coefficient (Wildman–Crippen LogP) is 4.06. The van der Waals surface area contributed by atoms with Gasteiger partial charge in [-0.05, 0) is 29.9 Å². The third kappa shape index (κ3) is 3.95. The Morgan fingerprint density at radius 3 is 2.30 bits per heavy atom. The van der Waals surface area contributed by atoms with E-state index in [1.54, 1.807) is 12.1 Å². The molecule has 1 heterocycles. The van der Waals surface area contributed by atoms with Crippen LogP contribution in [0.4, 0.5) is 0 Å². The van der Waals surface area contributed by atoms with E-state index in [1.165, 1.54) is 6.92 Å². The molecule has 2 rings (SSSR count). The summed E-state index contributed by atoms with van der Waals surface area (Å²) >= 11 is 0. The Balaban J connectivity index is 2.62. The van der Waals surface area contributed by atoms with Gasteiger partial charge in [-0.1, -0.05) is 58.4 Å². The van der Waals surface area contributed by atoms with Crippen LogP contribution in [0.1, 0.15) is 73.1 Å². The SMILES string of the molecule is CCCCn1c(O)c(C(=O)c2ccc(C(C)(C)C)cc2)c(C)c(C#N)c1=O. The van der Waals surface area contributed by atoms with Crippen molar-refractivity contribution >= 4 is 5.78 Å². The van der Waals surface area contributed by atoms with Crippen molar-refractivity contribution in [2.45, 2.75) is 59.4 Å². The van der Waals surface area contributed by atoms with E-state index < -0.39 is 11.3 Å². The molecule has 0 radical (unpaired) electrons. The minimum Gasteiger partial charge on any atom is -0.494 e. The molecule has 0 unspecified atom stereocenters. The standard InChI is InChI=1S/C22H26N2O3/c1-6-7-12-24-20(26)17(13-23)14(2)18(21(24)27)19(25)15-8-10-16(11-9-15)22(3,4)5/h8-11,27H,6-7,12H2,1-5H3. The molecule has 0 aliphatic carbocycles. The molecule has 1 aromatic carbocycles. The molecule has 0 aliphatic rings. The molecule has 5 nitrogen and oxygen atoms in total. The van der Waals surface area contributed by atoms with E-state index in [0.29, 0.717) is 12.0 Å². The third-order valence-electron chi connectivity index (χ3n) is 4.78. The van der Waals surface area contributed by atoms with Crippen LogP contribution in [-0.4, -0.2) is 15.5 Å². The monoisotopic (exact) mass is 366 g/mol. The number of carbonyl (C=O) groups excluding carboxylic acids is 1. The maximum absolute atomic E-state index is 13.1. The highest BCUT2D eigenvalue weighted by Crippen LogP contribution is 2.27. The number of benzene rings is 1. The molecule has 2 aromatic rings. The summed E-state index contributed by atoms with van der Waals surface area (Å²) in [5.41, 5.74) is 1.04. The van der Waals surface area contributed by atoms with Crippen molar-refractivity contribution in [3.63, 3.8) is 0 Å². The lowest BCUT2D eigenvalue weighted by atomic mass is 9.86. The summed E-state index contributed by atoms with van der Waals surface area (Å²) < 4.78 is 1.13. The number of rotatable bonds is 5. The fourth-order valence-corrected chi connectivity index (χ4v) is 3.01. The number of carbonyl (C=O) groups is 1. The van der Waals surface area contributed by atoms with Gasteiger partial charge in [0.25, 0.3) is 5.56 Å². The molecule has 27 heavy (non-hydrogen) atoms. The highest BCUT2D eigenvalue weighted by Gasteiger charge is 2.25. The van der Waals surface area contributed by atoms with Gasteiger partial charge in [0, 0.05) is 12.1 Å². The summed E-state index contributed by atoms with van der Waals surface area (Å²) in [4.78, 5) is 25.6. The number of hydrogen-bond acceptors (Lipinski definition) is 4. The van der Waals surface area contributed by atoms with Gasteiger partial charge in [-0.3, -0.25) is 14.2 Å². The second kappa shape index (κ2) is 7.79. The zero-order valence-corrected chi connectivity index (χ0v) is 16.6. The lowest BCUT2D eigenvalue weighted by Gasteiger charge is -2.19. The Morgan fingerprint density at radius 2 is 1.81 bits per heavy atom. The first-order valence-corrected chi connectivity index (χ1v) is 9.15. The van der Waals surface area contributed by atoms with Crippen molar-refractivity contribution in [1.29, 1.82) is 5.26 Å². The first kappa shape index (κ1) is 20.4. The first-order valence-electron chi connectivity index (χ1n) is 9.15. The number of unbranched alkanes of at least 4 members (excludes halogenated alkanes) is 1. The van der Waals surface area contributed by atoms with Crippen LogP contribution in [0.15, 0.2) is 29.1 Å². The van der Waals surface area contributed by atoms with E-state index in [4.69, 9.17) is 0 Å². The Labute approximate surface area is 159 Å². The molecule has 0 bridgehead atoms. The molecule has 1 N–H and O–H groups in total. The Bertz CT molecular complexity index is 956. The lowest BCUT2D eigenvalue weighted by molar-refractivity contribution is 0.103. The minimum absolute atomic E-state index is 0.0192. The fraction of sp³-hybridized carbons (Fsp3) is 0.409. The van der Waals surface area contributed by atoms with Crippen LogP contribution in [0.5, 0.6) is 5.88 Å². The topological polar surface area (TPSA) is 83.1 Å². The van der Waals surface area contributed by atoms with Crippen LogP contribution in [-0.2, 0) is 12.0 Å². The first-order chi connectivity index (χ1) is 12.6. The van der Waals surface area contributed by atoms with Crippen molar-refractivity contribution in [3.8, 4) is 11.9 Å². The number of hydrogen-bond donors (Lipinski definition) is 1. The highest BCUT2D eigenvalue weighted by atomic mass is 16.3. The van der Waals surface area contributed by atoms with Gasteiger partial charge in [-0.15, -0.1) is 0 Å². The van der Waals surface area contributed by atoms with E-state index in [2.05, 4.69) is 20.8 Å². The number of nitrogens with zero attached hydrogens (tertiary/aromatic N) is 2. The molecular formula is C22H26N2O3. The van der Waals surface area contributed by atoms with E-state index in [9.17, 15) is 20.0 Å². The Morgan fingerprint density at radius 1 is 1.22 bits per heavy atom. The van der Waals surface area contributed by atoms with Gasteiger partial charge in [0.15, 0.2) is 5.78 Å². The smallest absolute Gasteiger partial charge is 0.271 e.